The van der Waals surface area contributed by atoms with Crippen molar-refractivity contribution in [3.05, 3.63) is 65.2 Å². The Morgan fingerprint density at radius 3 is 2.88 bits per heavy atom. The van der Waals surface area contributed by atoms with Crippen LogP contribution in [0.2, 0.25) is 0 Å². The van der Waals surface area contributed by atoms with E-state index in [0.717, 1.165) is 16.5 Å². The summed E-state index contributed by atoms with van der Waals surface area (Å²) in [7, 11) is 0. The van der Waals surface area contributed by atoms with Crippen LogP contribution >= 0.6 is 11.3 Å². The number of benzene rings is 1. The SMILES string of the molecule is Cc1ccc(-c2cn(-c3nc(C(=O)O)cs3)c3ncccc23)cc1F. The van der Waals surface area contributed by atoms with Gasteiger partial charge in [-0.15, -0.1) is 11.3 Å². The van der Waals surface area contributed by atoms with Crippen LogP contribution in [0.1, 0.15) is 16.1 Å². The topological polar surface area (TPSA) is 68.0 Å². The van der Waals surface area contributed by atoms with E-state index in [-0.39, 0.29) is 11.5 Å². The lowest BCUT2D eigenvalue weighted by Crippen LogP contribution is -1.98. The number of aromatic carboxylic acids is 1. The molecule has 5 nitrogen and oxygen atoms in total. The maximum absolute atomic E-state index is 14.0. The normalized spacial score (nSPS) is 11.1. The summed E-state index contributed by atoms with van der Waals surface area (Å²) in [4.78, 5) is 19.6. The second-order valence-corrected chi connectivity index (χ2v) is 6.41. The van der Waals surface area contributed by atoms with E-state index in [1.807, 2.05) is 24.4 Å². The molecule has 1 aromatic carbocycles. The van der Waals surface area contributed by atoms with Crippen molar-refractivity contribution in [3.63, 3.8) is 0 Å². The van der Waals surface area contributed by atoms with Gasteiger partial charge >= 0.3 is 5.97 Å². The van der Waals surface area contributed by atoms with Crippen LogP contribution in [0.25, 0.3) is 27.3 Å². The Hall–Kier alpha value is -3.06. The standard InChI is InChI=1S/C18H12FN3O2S/c1-10-4-5-11(7-14(10)19)13-8-22(16-12(13)3-2-6-20-16)18-21-15(9-25-18)17(23)24/h2-9H,1H3,(H,23,24). The zero-order valence-corrected chi connectivity index (χ0v) is 13.9. The Balaban J connectivity index is 1.94. The molecule has 0 unspecified atom stereocenters. The first kappa shape index (κ1) is 15.5. The van der Waals surface area contributed by atoms with Crippen molar-refractivity contribution in [3.8, 4) is 16.3 Å². The summed E-state index contributed by atoms with van der Waals surface area (Å²) in [5.41, 5.74) is 2.76. The van der Waals surface area contributed by atoms with E-state index >= 15 is 0 Å². The van der Waals surface area contributed by atoms with Gasteiger partial charge in [0.05, 0.1) is 0 Å². The highest BCUT2D eigenvalue weighted by atomic mass is 32.1. The predicted octanol–water partition coefficient (Wildman–Crippen LogP) is 4.29. The predicted molar refractivity (Wildman–Crippen MR) is 93.8 cm³/mol. The van der Waals surface area contributed by atoms with Gasteiger partial charge in [0.1, 0.15) is 11.5 Å². The van der Waals surface area contributed by atoms with Gasteiger partial charge in [-0.2, -0.15) is 0 Å². The van der Waals surface area contributed by atoms with Crippen LogP contribution in [0.3, 0.4) is 0 Å². The number of aryl methyl sites for hydroxylation is 1. The summed E-state index contributed by atoms with van der Waals surface area (Å²) in [6.45, 7) is 1.72. The third-order valence-electron chi connectivity index (χ3n) is 3.96. The molecule has 0 spiro atoms. The number of aromatic nitrogens is 3. The molecule has 0 amide bonds. The first-order chi connectivity index (χ1) is 12.0. The second kappa shape index (κ2) is 5.78. The average Bonchev–Trinajstić information content (AvgIpc) is 3.22. The molecule has 4 aromatic rings. The van der Waals surface area contributed by atoms with E-state index in [9.17, 15) is 9.18 Å². The molecule has 7 heteroatoms. The monoisotopic (exact) mass is 353 g/mol. The van der Waals surface area contributed by atoms with Gasteiger partial charge < -0.3 is 5.11 Å². The summed E-state index contributed by atoms with van der Waals surface area (Å²) in [6.07, 6.45) is 3.47. The van der Waals surface area contributed by atoms with Crippen molar-refractivity contribution >= 4 is 28.3 Å². The number of fused-ring (bicyclic) bond motifs is 1. The summed E-state index contributed by atoms with van der Waals surface area (Å²) in [5, 5.41) is 11.9. The third-order valence-corrected chi connectivity index (χ3v) is 4.80. The van der Waals surface area contributed by atoms with Crippen molar-refractivity contribution in [1.82, 2.24) is 14.5 Å². The molecule has 0 saturated heterocycles. The average molecular weight is 353 g/mol. The molecule has 0 saturated carbocycles. The highest BCUT2D eigenvalue weighted by molar-refractivity contribution is 7.12. The van der Waals surface area contributed by atoms with Crippen LogP contribution in [0.4, 0.5) is 4.39 Å². The molecule has 0 bridgehead atoms. The zero-order chi connectivity index (χ0) is 17.6. The number of pyridine rings is 1. The summed E-state index contributed by atoms with van der Waals surface area (Å²) in [5.74, 6) is -1.35. The fraction of sp³-hybridized carbons (Fsp3) is 0.0556. The van der Waals surface area contributed by atoms with E-state index < -0.39 is 5.97 Å². The smallest absolute Gasteiger partial charge is 0.355 e. The van der Waals surface area contributed by atoms with E-state index in [1.54, 1.807) is 23.8 Å². The van der Waals surface area contributed by atoms with Crippen LogP contribution < -0.4 is 0 Å². The van der Waals surface area contributed by atoms with Gasteiger partial charge in [0.2, 0.25) is 0 Å². The van der Waals surface area contributed by atoms with Crippen molar-refractivity contribution in [2.24, 2.45) is 0 Å². The highest BCUT2D eigenvalue weighted by Crippen LogP contribution is 2.33. The van der Waals surface area contributed by atoms with Crippen molar-refractivity contribution in [2.75, 3.05) is 0 Å². The van der Waals surface area contributed by atoms with Crippen molar-refractivity contribution in [1.29, 1.82) is 0 Å². The molecule has 0 radical (unpaired) electrons. The number of carboxylic acids is 1. The Labute approximate surface area is 146 Å². The molecule has 4 rings (SSSR count). The second-order valence-electron chi connectivity index (χ2n) is 5.57. The Morgan fingerprint density at radius 1 is 1.32 bits per heavy atom. The minimum atomic E-state index is -1.08. The first-order valence-electron chi connectivity index (χ1n) is 7.46. The van der Waals surface area contributed by atoms with Crippen LogP contribution in [0.15, 0.2) is 48.1 Å². The molecular formula is C18H12FN3O2S. The number of thiazole rings is 1. The number of nitrogens with zero attached hydrogens (tertiary/aromatic N) is 3. The van der Waals surface area contributed by atoms with Crippen molar-refractivity contribution in [2.45, 2.75) is 6.92 Å². The molecule has 0 atom stereocenters. The molecule has 0 fully saturated rings. The molecule has 3 aromatic heterocycles. The molecule has 1 N–H and O–H groups in total. The largest absolute Gasteiger partial charge is 0.476 e. The minimum absolute atomic E-state index is 0.0132. The number of rotatable bonds is 3. The number of hydrogen-bond donors (Lipinski definition) is 1. The maximum atomic E-state index is 14.0. The molecule has 0 aliphatic rings. The van der Waals surface area contributed by atoms with Crippen LogP contribution in [-0.4, -0.2) is 25.6 Å². The molecule has 3 heterocycles. The van der Waals surface area contributed by atoms with Crippen molar-refractivity contribution < 1.29 is 14.3 Å². The summed E-state index contributed by atoms with van der Waals surface area (Å²) < 4.78 is 15.7. The van der Waals surface area contributed by atoms with E-state index in [2.05, 4.69) is 9.97 Å². The summed E-state index contributed by atoms with van der Waals surface area (Å²) >= 11 is 1.22. The van der Waals surface area contributed by atoms with Gasteiger partial charge in [-0.1, -0.05) is 12.1 Å². The minimum Gasteiger partial charge on any atom is -0.476 e. The molecule has 0 aliphatic heterocycles. The molecule has 25 heavy (non-hydrogen) atoms. The fourth-order valence-corrected chi connectivity index (χ4v) is 3.44. The number of carboxylic acid groups (broad SMARTS) is 1. The zero-order valence-electron chi connectivity index (χ0n) is 13.1. The van der Waals surface area contributed by atoms with Crippen LogP contribution in [0, 0.1) is 12.7 Å². The van der Waals surface area contributed by atoms with E-state index in [4.69, 9.17) is 5.11 Å². The third kappa shape index (κ3) is 2.58. The lowest BCUT2D eigenvalue weighted by Gasteiger charge is -2.01. The molecule has 0 aliphatic carbocycles. The fourth-order valence-electron chi connectivity index (χ4n) is 2.67. The van der Waals surface area contributed by atoms with Gasteiger partial charge in [-0.25, -0.2) is 19.2 Å². The van der Waals surface area contributed by atoms with Crippen LogP contribution in [0.5, 0.6) is 0 Å². The first-order valence-corrected chi connectivity index (χ1v) is 8.34. The van der Waals surface area contributed by atoms with Gasteiger partial charge in [-0.05, 0) is 36.2 Å². The van der Waals surface area contributed by atoms with Gasteiger partial charge in [-0.3, -0.25) is 4.57 Å². The van der Waals surface area contributed by atoms with Gasteiger partial charge in [0.15, 0.2) is 10.8 Å². The Morgan fingerprint density at radius 2 is 2.16 bits per heavy atom. The number of carbonyl (C=O) groups is 1. The highest BCUT2D eigenvalue weighted by Gasteiger charge is 2.16. The lowest BCUT2D eigenvalue weighted by molar-refractivity contribution is 0.0691. The van der Waals surface area contributed by atoms with E-state index in [1.165, 1.54) is 22.8 Å². The lowest BCUT2D eigenvalue weighted by atomic mass is 10.0. The van der Waals surface area contributed by atoms with Gasteiger partial charge in [0.25, 0.3) is 0 Å². The number of hydrogen-bond acceptors (Lipinski definition) is 4. The number of halogens is 1. The molecular weight excluding hydrogens is 341 g/mol. The van der Waals surface area contributed by atoms with E-state index in [0.29, 0.717) is 16.3 Å². The van der Waals surface area contributed by atoms with Gasteiger partial charge in [0, 0.05) is 28.7 Å². The quantitative estimate of drug-likeness (QED) is 0.596. The Bertz CT molecular complexity index is 1120. The maximum Gasteiger partial charge on any atom is 0.355 e. The molecule has 124 valence electrons. The Kier molecular flexibility index (Phi) is 3.58. The van der Waals surface area contributed by atoms with Crippen LogP contribution in [-0.2, 0) is 0 Å². The summed E-state index contributed by atoms with van der Waals surface area (Å²) in [6, 6.07) is 8.79.